The number of rotatable bonds is 5. The van der Waals surface area contributed by atoms with Crippen molar-refractivity contribution >= 4 is 5.91 Å². The lowest BCUT2D eigenvalue weighted by Gasteiger charge is -2.22. The third kappa shape index (κ3) is 3.88. The molecule has 132 valence electrons. The minimum absolute atomic E-state index is 0.261. The van der Waals surface area contributed by atoms with Crippen LogP contribution < -0.4 is 10.9 Å². The van der Waals surface area contributed by atoms with Crippen LogP contribution in [0, 0.1) is 6.92 Å². The van der Waals surface area contributed by atoms with E-state index in [0.29, 0.717) is 5.69 Å². The number of aryl methyl sites for hydroxylation is 1. The average molecular weight is 347 g/mol. The van der Waals surface area contributed by atoms with Gasteiger partial charge in [-0.2, -0.15) is 5.10 Å². The van der Waals surface area contributed by atoms with Crippen LogP contribution >= 0.6 is 0 Å². The topological polar surface area (TPSA) is 64.0 Å². The monoisotopic (exact) mass is 347 g/mol. The molecule has 0 aliphatic heterocycles. The Morgan fingerprint density at radius 2 is 1.46 bits per heavy atom. The van der Waals surface area contributed by atoms with Crippen molar-refractivity contribution in [2.24, 2.45) is 0 Å². The highest BCUT2D eigenvalue weighted by molar-refractivity contribution is 5.80. The summed E-state index contributed by atoms with van der Waals surface area (Å²) in [5.74, 6) is -0.261. The van der Waals surface area contributed by atoms with Crippen LogP contribution in [0.5, 0.6) is 0 Å². The predicted octanol–water partition coefficient (Wildman–Crippen LogP) is 3.02. The van der Waals surface area contributed by atoms with Gasteiger partial charge >= 0.3 is 0 Å². The fourth-order valence-electron chi connectivity index (χ4n) is 2.82. The molecule has 3 rings (SSSR count). The van der Waals surface area contributed by atoms with Gasteiger partial charge in [0.25, 0.3) is 5.56 Å². The molecule has 1 atom stereocenters. The zero-order chi connectivity index (χ0) is 18.5. The molecule has 1 amide bonds. The maximum Gasteiger partial charge on any atom is 0.267 e. The number of hydrogen-bond donors (Lipinski definition) is 1. The minimum Gasteiger partial charge on any atom is -0.343 e. The van der Waals surface area contributed by atoms with Crippen molar-refractivity contribution in [2.75, 3.05) is 0 Å². The van der Waals surface area contributed by atoms with E-state index >= 15 is 0 Å². The molecular weight excluding hydrogens is 326 g/mol. The number of amides is 1. The lowest BCUT2D eigenvalue weighted by molar-refractivity contribution is -0.124. The molecule has 3 aromatic rings. The molecule has 0 saturated carbocycles. The molecule has 5 heteroatoms. The number of hydrogen-bond acceptors (Lipinski definition) is 3. The first-order valence-corrected chi connectivity index (χ1v) is 8.53. The summed E-state index contributed by atoms with van der Waals surface area (Å²) in [5, 5.41) is 7.25. The average Bonchev–Trinajstić information content (AvgIpc) is 2.68. The molecule has 0 spiro atoms. The molecule has 0 unspecified atom stereocenters. The summed E-state index contributed by atoms with van der Waals surface area (Å²) >= 11 is 0. The van der Waals surface area contributed by atoms with E-state index in [1.54, 1.807) is 19.9 Å². The predicted molar refractivity (Wildman–Crippen MR) is 101 cm³/mol. The van der Waals surface area contributed by atoms with Crippen LogP contribution in [0.2, 0.25) is 0 Å². The van der Waals surface area contributed by atoms with Gasteiger partial charge in [-0.3, -0.25) is 9.59 Å². The Balaban J connectivity index is 1.90. The highest BCUT2D eigenvalue weighted by Crippen LogP contribution is 2.22. The van der Waals surface area contributed by atoms with Gasteiger partial charge in [0.2, 0.25) is 5.91 Å². The van der Waals surface area contributed by atoms with E-state index in [4.69, 9.17) is 0 Å². The van der Waals surface area contributed by atoms with Gasteiger partial charge in [0.1, 0.15) is 6.04 Å². The molecule has 5 nitrogen and oxygen atoms in total. The zero-order valence-electron chi connectivity index (χ0n) is 14.8. The first kappa shape index (κ1) is 17.6. The number of nitrogens with one attached hydrogen (secondary N) is 1. The fourth-order valence-corrected chi connectivity index (χ4v) is 2.82. The Hall–Kier alpha value is -3.21. The third-order valence-corrected chi connectivity index (χ3v) is 4.26. The van der Waals surface area contributed by atoms with Crippen LogP contribution in [-0.4, -0.2) is 15.7 Å². The molecule has 1 heterocycles. The molecule has 0 saturated heterocycles. The van der Waals surface area contributed by atoms with Crippen LogP contribution in [-0.2, 0) is 4.79 Å². The number of aromatic nitrogens is 2. The second-order valence-corrected chi connectivity index (χ2v) is 6.20. The molecule has 1 aromatic heterocycles. The Morgan fingerprint density at radius 1 is 0.923 bits per heavy atom. The number of nitrogens with zero attached hydrogens (tertiary/aromatic N) is 2. The maximum atomic E-state index is 12.9. The van der Waals surface area contributed by atoms with E-state index in [1.165, 1.54) is 10.7 Å². The summed E-state index contributed by atoms with van der Waals surface area (Å²) in [6.07, 6.45) is 0. The maximum absolute atomic E-state index is 12.9. The summed E-state index contributed by atoms with van der Waals surface area (Å²) < 4.78 is 1.22. The largest absolute Gasteiger partial charge is 0.343 e. The zero-order valence-corrected chi connectivity index (χ0v) is 14.8. The number of benzene rings is 2. The summed E-state index contributed by atoms with van der Waals surface area (Å²) in [6, 6.07) is 21.6. The SMILES string of the molecule is Cc1ccc(=O)n([C@H](C)C(=O)NC(c2ccccc2)c2ccccc2)n1. The van der Waals surface area contributed by atoms with Crippen LogP contribution in [0.15, 0.2) is 77.6 Å². The van der Waals surface area contributed by atoms with E-state index in [-0.39, 0.29) is 17.5 Å². The van der Waals surface area contributed by atoms with Crippen molar-refractivity contribution in [3.8, 4) is 0 Å². The van der Waals surface area contributed by atoms with Gasteiger partial charge in [0.05, 0.1) is 11.7 Å². The molecule has 0 aliphatic carbocycles. The van der Waals surface area contributed by atoms with Gasteiger partial charge in [-0.1, -0.05) is 60.7 Å². The third-order valence-electron chi connectivity index (χ3n) is 4.26. The van der Waals surface area contributed by atoms with Crippen LogP contribution in [0.1, 0.15) is 35.8 Å². The minimum atomic E-state index is -0.711. The van der Waals surface area contributed by atoms with E-state index in [1.807, 2.05) is 60.7 Å². The first-order valence-electron chi connectivity index (χ1n) is 8.53. The summed E-state index contributed by atoms with van der Waals surface area (Å²) in [6.45, 7) is 3.47. The smallest absolute Gasteiger partial charge is 0.267 e. The van der Waals surface area contributed by atoms with Gasteiger partial charge in [0, 0.05) is 6.07 Å². The van der Waals surface area contributed by atoms with Crippen LogP contribution in [0.4, 0.5) is 0 Å². The lowest BCUT2D eigenvalue weighted by Crippen LogP contribution is -2.39. The molecule has 0 bridgehead atoms. The van der Waals surface area contributed by atoms with Gasteiger partial charge in [0.15, 0.2) is 0 Å². The van der Waals surface area contributed by atoms with E-state index in [2.05, 4.69) is 10.4 Å². The second kappa shape index (κ2) is 7.78. The van der Waals surface area contributed by atoms with Crippen LogP contribution in [0.3, 0.4) is 0 Å². The van der Waals surface area contributed by atoms with Gasteiger partial charge in [-0.25, -0.2) is 4.68 Å². The van der Waals surface area contributed by atoms with Gasteiger partial charge < -0.3 is 5.32 Å². The van der Waals surface area contributed by atoms with Crippen molar-refractivity contribution in [2.45, 2.75) is 25.9 Å². The normalized spacial score (nSPS) is 12.0. The molecule has 0 fully saturated rings. The summed E-state index contributed by atoms with van der Waals surface area (Å²) in [7, 11) is 0. The molecule has 1 N–H and O–H groups in total. The Kier molecular flexibility index (Phi) is 5.27. The van der Waals surface area contributed by atoms with E-state index in [9.17, 15) is 9.59 Å². The highest BCUT2D eigenvalue weighted by atomic mass is 16.2. The fraction of sp³-hybridized carbons (Fsp3) is 0.190. The number of carbonyl (C=O) groups excluding carboxylic acids is 1. The Labute approximate surface area is 152 Å². The first-order chi connectivity index (χ1) is 12.6. The Bertz CT molecular complexity index is 897. The summed E-state index contributed by atoms with van der Waals surface area (Å²) in [5.41, 5.74) is 2.34. The summed E-state index contributed by atoms with van der Waals surface area (Å²) in [4.78, 5) is 24.9. The molecule has 2 aromatic carbocycles. The van der Waals surface area contributed by atoms with Crippen molar-refractivity contribution in [3.63, 3.8) is 0 Å². The number of carbonyl (C=O) groups is 1. The molecule has 0 radical (unpaired) electrons. The second-order valence-electron chi connectivity index (χ2n) is 6.20. The van der Waals surface area contributed by atoms with Crippen molar-refractivity contribution < 1.29 is 4.79 Å². The molecule has 0 aliphatic rings. The molecule has 26 heavy (non-hydrogen) atoms. The van der Waals surface area contributed by atoms with Gasteiger partial charge in [-0.05, 0) is 31.0 Å². The van der Waals surface area contributed by atoms with E-state index < -0.39 is 6.04 Å². The standard InChI is InChI=1S/C21H21N3O2/c1-15-13-14-19(25)24(23-15)16(2)21(26)22-20(17-9-5-3-6-10-17)18-11-7-4-8-12-18/h3-14,16,20H,1-2H3,(H,22,26)/t16-/m1/s1. The Morgan fingerprint density at radius 3 is 2.00 bits per heavy atom. The van der Waals surface area contributed by atoms with Crippen molar-refractivity contribution in [1.29, 1.82) is 0 Å². The molecular formula is C21H21N3O2. The highest BCUT2D eigenvalue weighted by Gasteiger charge is 2.22. The van der Waals surface area contributed by atoms with Crippen molar-refractivity contribution in [3.05, 3.63) is 100.0 Å². The van der Waals surface area contributed by atoms with E-state index in [0.717, 1.165) is 11.1 Å². The van der Waals surface area contributed by atoms with Crippen molar-refractivity contribution in [1.82, 2.24) is 15.1 Å². The quantitative estimate of drug-likeness (QED) is 0.772. The van der Waals surface area contributed by atoms with Gasteiger partial charge in [-0.15, -0.1) is 0 Å². The lowest BCUT2D eigenvalue weighted by atomic mass is 9.98. The van der Waals surface area contributed by atoms with Crippen LogP contribution in [0.25, 0.3) is 0 Å².